The van der Waals surface area contributed by atoms with Crippen molar-refractivity contribution in [3.63, 3.8) is 0 Å². The summed E-state index contributed by atoms with van der Waals surface area (Å²) < 4.78 is 5.25. The predicted molar refractivity (Wildman–Crippen MR) is 85.9 cm³/mol. The van der Waals surface area contributed by atoms with Gasteiger partial charge in [0.15, 0.2) is 0 Å². The fraction of sp³-hybridized carbons (Fsp3) is 0.118. The number of nitrogens with two attached hydrogens (primary N) is 1. The van der Waals surface area contributed by atoms with Crippen LogP contribution in [0.15, 0.2) is 36.4 Å². The first-order chi connectivity index (χ1) is 10.7. The number of rotatable bonds is 2. The lowest BCUT2D eigenvalue weighted by Crippen LogP contribution is -2.13. The van der Waals surface area contributed by atoms with Crippen molar-refractivity contribution >= 4 is 22.5 Å². The second-order valence-corrected chi connectivity index (χ2v) is 5.37. The Morgan fingerprint density at radius 2 is 2.05 bits per heavy atom. The highest BCUT2D eigenvalue weighted by atomic mass is 16.5. The van der Waals surface area contributed by atoms with E-state index < -0.39 is 0 Å². The van der Waals surface area contributed by atoms with Gasteiger partial charge < -0.3 is 20.8 Å². The molecule has 22 heavy (non-hydrogen) atoms. The van der Waals surface area contributed by atoms with Crippen molar-refractivity contribution in [3.8, 4) is 17.0 Å². The molecule has 5 nitrogen and oxygen atoms in total. The molecule has 0 radical (unpaired) electrons. The van der Waals surface area contributed by atoms with Gasteiger partial charge in [-0.2, -0.15) is 0 Å². The third-order valence-corrected chi connectivity index (χ3v) is 4.12. The van der Waals surface area contributed by atoms with Crippen LogP contribution < -0.4 is 15.8 Å². The molecule has 1 aromatic heterocycles. The van der Waals surface area contributed by atoms with E-state index in [1.807, 2.05) is 36.4 Å². The van der Waals surface area contributed by atoms with Gasteiger partial charge in [-0.1, -0.05) is 6.07 Å². The van der Waals surface area contributed by atoms with Crippen molar-refractivity contribution in [1.29, 1.82) is 0 Å². The van der Waals surface area contributed by atoms with Crippen LogP contribution >= 0.6 is 0 Å². The molecule has 0 unspecified atom stereocenters. The summed E-state index contributed by atoms with van der Waals surface area (Å²) in [4.78, 5) is 15.5. The van der Waals surface area contributed by atoms with Gasteiger partial charge in [0.25, 0.3) is 5.91 Å². The van der Waals surface area contributed by atoms with Gasteiger partial charge in [0.1, 0.15) is 5.75 Å². The number of hydrogen-bond acceptors (Lipinski definition) is 3. The number of nitrogen functional groups attached to an aromatic ring is 1. The van der Waals surface area contributed by atoms with E-state index in [1.54, 1.807) is 7.11 Å². The van der Waals surface area contributed by atoms with Crippen LogP contribution in [0.3, 0.4) is 0 Å². The Kier molecular flexibility index (Phi) is 2.63. The lowest BCUT2D eigenvalue weighted by molar-refractivity contribution is 0.0966. The Bertz CT molecular complexity index is 912. The zero-order valence-corrected chi connectivity index (χ0v) is 12.1. The van der Waals surface area contributed by atoms with Crippen LogP contribution in [-0.4, -0.2) is 18.0 Å². The number of nitrogens with one attached hydrogen (secondary N) is 2. The minimum Gasteiger partial charge on any atom is -0.497 e. The third-order valence-electron chi connectivity index (χ3n) is 4.12. The largest absolute Gasteiger partial charge is 0.497 e. The number of amides is 1. The Labute approximate surface area is 127 Å². The number of aromatic nitrogens is 1. The van der Waals surface area contributed by atoms with Gasteiger partial charge in [-0.05, 0) is 30.3 Å². The van der Waals surface area contributed by atoms with Gasteiger partial charge in [-0.25, -0.2) is 0 Å². The summed E-state index contributed by atoms with van der Waals surface area (Å²) in [5.41, 5.74) is 10.9. The number of hydrogen-bond donors (Lipinski definition) is 3. The van der Waals surface area contributed by atoms with E-state index in [-0.39, 0.29) is 5.91 Å². The Balaban J connectivity index is 1.93. The molecule has 5 heteroatoms. The summed E-state index contributed by atoms with van der Waals surface area (Å²) in [7, 11) is 1.64. The second kappa shape index (κ2) is 4.53. The molecule has 1 aliphatic heterocycles. The Hall–Kier alpha value is -2.95. The number of aromatic amines is 1. The van der Waals surface area contributed by atoms with Crippen molar-refractivity contribution in [2.45, 2.75) is 6.54 Å². The predicted octanol–water partition coefficient (Wildman–Crippen LogP) is 2.67. The van der Waals surface area contributed by atoms with Crippen LogP contribution in [0.5, 0.6) is 5.75 Å². The molecule has 0 bridgehead atoms. The van der Waals surface area contributed by atoms with Crippen LogP contribution in [0.2, 0.25) is 0 Å². The molecule has 0 saturated carbocycles. The quantitative estimate of drug-likeness (QED) is 0.635. The minimum absolute atomic E-state index is 0.0754. The average Bonchev–Trinajstić information content (AvgIpc) is 3.11. The Morgan fingerprint density at radius 1 is 1.18 bits per heavy atom. The number of carbonyl (C=O) groups excluding carboxylic acids is 1. The number of carbonyl (C=O) groups is 1. The van der Waals surface area contributed by atoms with Crippen molar-refractivity contribution in [1.82, 2.24) is 10.3 Å². The summed E-state index contributed by atoms with van der Waals surface area (Å²) in [5, 5.41) is 3.88. The van der Waals surface area contributed by atoms with Crippen molar-refractivity contribution in [3.05, 3.63) is 47.5 Å². The zero-order valence-electron chi connectivity index (χ0n) is 12.1. The van der Waals surface area contributed by atoms with Gasteiger partial charge in [-0.3, -0.25) is 4.79 Å². The number of anilines is 1. The van der Waals surface area contributed by atoms with Gasteiger partial charge in [0.05, 0.1) is 12.7 Å². The SMILES string of the molecule is COc1ccc2[nH]c(-c3ccc(N)c4c3C(=O)NC4)cc2c1. The van der Waals surface area contributed by atoms with E-state index in [2.05, 4.69) is 10.3 Å². The molecule has 0 aliphatic carbocycles. The van der Waals surface area contributed by atoms with E-state index in [4.69, 9.17) is 10.5 Å². The molecule has 1 aliphatic rings. The first-order valence-electron chi connectivity index (χ1n) is 7.04. The van der Waals surface area contributed by atoms with Crippen LogP contribution in [0, 0.1) is 0 Å². The topological polar surface area (TPSA) is 80.1 Å². The maximum atomic E-state index is 12.1. The first kappa shape index (κ1) is 12.8. The smallest absolute Gasteiger partial charge is 0.252 e. The molecule has 0 fully saturated rings. The van der Waals surface area contributed by atoms with E-state index in [9.17, 15) is 4.79 Å². The molecule has 4 rings (SSSR count). The molecule has 110 valence electrons. The highest BCUT2D eigenvalue weighted by Crippen LogP contribution is 2.34. The summed E-state index contributed by atoms with van der Waals surface area (Å²) in [6.45, 7) is 0.488. The summed E-state index contributed by atoms with van der Waals surface area (Å²) in [6.07, 6.45) is 0. The number of ether oxygens (including phenoxy) is 1. The standard InChI is InChI=1S/C17H15N3O2/c1-22-10-2-5-14-9(6-10)7-15(20-14)11-3-4-13(18)12-8-19-17(21)16(11)12/h2-7,20H,8,18H2,1H3,(H,19,21). The maximum absolute atomic E-state index is 12.1. The fourth-order valence-electron chi connectivity index (χ4n) is 2.98. The molecule has 2 aromatic carbocycles. The van der Waals surface area contributed by atoms with Gasteiger partial charge in [-0.15, -0.1) is 0 Å². The molecule has 1 amide bonds. The minimum atomic E-state index is -0.0754. The van der Waals surface area contributed by atoms with Gasteiger partial charge >= 0.3 is 0 Å². The van der Waals surface area contributed by atoms with E-state index >= 15 is 0 Å². The Morgan fingerprint density at radius 3 is 2.86 bits per heavy atom. The maximum Gasteiger partial charge on any atom is 0.252 e. The van der Waals surface area contributed by atoms with Crippen molar-refractivity contribution in [2.24, 2.45) is 0 Å². The van der Waals surface area contributed by atoms with Crippen LogP contribution in [0.1, 0.15) is 15.9 Å². The molecule has 3 aromatic rings. The highest BCUT2D eigenvalue weighted by molar-refractivity contribution is 6.06. The molecule has 0 saturated heterocycles. The number of benzene rings is 2. The second-order valence-electron chi connectivity index (χ2n) is 5.37. The average molecular weight is 293 g/mol. The van der Waals surface area contributed by atoms with E-state index in [1.165, 1.54) is 0 Å². The van der Waals surface area contributed by atoms with Crippen molar-refractivity contribution in [2.75, 3.05) is 12.8 Å². The van der Waals surface area contributed by atoms with E-state index in [0.29, 0.717) is 17.8 Å². The highest BCUT2D eigenvalue weighted by Gasteiger charge is 2.25. The molecule has 0 atom stereocenters. The number of methoxy groups -OCH3 is 1. The fourth-order valence-corrected chi connectivity index (χ4v) is 2.98. The monoisotopic (exact) mass is 293 g/mol. The van der Waals surface area contributed by atoms with Crippen molar-refractivity contribution < 1.29 is 9.53 Å². The zero-order chi connectivity index (χ0) is 15.3. The molecule has 2 heterocycles. The van der Waals surface area contributed by atoms with Crippen LogP contribution in [-0.2, 0) is 6.54 Å². The summed E-state index contributed by atoms with van der Waals surface area (Å²) >= 11 is 0. The normalized spacial score (nSPS) is 13.2. The lowest BCUT2D eigenvalue weighted by Gasteiger charge is -2.07. The molecular formula is C17H15N3O2. The van der Waals surface area contributed by atoms with Gasteiger partial charge in [0.2, 0.25) is 0 Å². The van der Waals surface area contributed by atoms with Crippen LogP contribution in [0.25, 0.3) is 22.2 Å². The number of fused-ring (bicyclic) bond motifs is 2. The van der Waals surface area contributed by atoms with Gasteiger partial charge in [0, 0.05) is 40.0 Å². The van der Waals surface area contributed by atoms with E-state index in [0.717, 1.165) is 33.5 Å². The van der Waals surface area contributed by atoms with Crippen LogP contribution in [0.4, 0.5) is 5.69 Å². The number of H-pyrrole nitrogens is 1. The molecule has 4 N–H and O–H groups in total. The lowest BCUT2D eigenvalue weighted by atomic mass is 9.99. The first-order valence-corrected chi connectivity index (χ1v) is 7.04. The molecule has 0 spiro atoms. The molecular weight excluding hydrogens is 278 g/mol. The summed E-state index contributed by atoms with van der Waals surface area (Å²) in [6, 6.07) is 11.6. The third kappa shape index (κ3) is 1.75. The summed E-state index contributed by atoms with van der Waals surface area (Å²) in [5.74, 6) is 0.729.